The van der Waals surface area contributed by atoms with Gasteiger partial charge in [0.1, 0.15) is 60.0 Å². The van der Waals surface area contributed by atoms with Crippen LogP contribution in [-0.4, -0.2) is 128 Å². The van der Waals surface area contributed by atoms with Gasteiger partial charge in [-0.1, -0.05) is 133 Å². The van der Waals surface area contributed by atoms with E-state index in [-0.39, 0.29) is 39.6 Å². The summed E-state index contributed by atoms with van der Waals surface area (Å²) in [5, 5.41) is 11.7. The molecule has 16 nitrogen and oxygen atoms in total. The molecule has 76 heavy (non-hydrogen) atoms. The van der Waals surface area contributed by atoms with E-state index in [0.29, 0.717) is 5.75 Å². The summed E-state index contributed by atoms with van der Waals surface area (Å²) in [7, 11) is 1.61. The van der Waals surface area contributed by atoms with Crippen molar-refractivity contribution in [2.75, 3.05) is 20.0 Å². The minimum atomic E-state index is -1.34. The van der Waals surface area contributed by atoms with Gasteiger partial charge in [-0.15, -0.1) is 11.8 Å². The number of rotatable bonds is 24. The van der Waals surface area contributed by atoms with Gasteiger partial charge in [0, 0.05) is 13.8 Å². The first-order valence-corrected chi connectivity index (χ1v) is 26.9. The van der Waals surface area contributed by atoms with Gasteiger partial charge < -0.3 is 66.7 Å². The molecule has 1 N–H and O–H groups in total. The summed E-state index contributed by atoms with van der Waals surface area (Å²) in [6, 6.07) is 46.0. The molecule has 0 amide bonds. The van der Waals surface area contributed by atoms with E-state index in [1.54, 1.807) is 14.0 Å². The van der Waals surface area contributed by atoms with Crippen LogP contribution in [0.3, 0.4) is 0 Å². The maximum absolute atomic E-state index is 13.0. The normalized spacial score (nSPS) is 29.5. The number of ether oxygens (including phenoxy) is 13. The fourth-order valence-electron chi connectivity index (χ4n) is 9.50. The summed E-state index contributed by atoms with van der Waals surface area (Å²) >= 11 is 1.40. The minimum absolute atomic E-state index is 0.0838. The van der Waals surface area contributed by atoms with Crippen LogP contribution in [0.5, 0.6) is 5.75 Å². The number of aliphatic hydroxyl groups excluding tert-OH is 1. The Kier molecular flexibility index (Phi) is 21.3. The number of hydrogen-bond donors (Lipinski definition) is 1. The van der Waals surface area contributed by atoms with Gasteiger partial charge in [-0.05, 0) is 60.1 Å². The van der Waals surface area contributed by atoms with Gasteiger partial charge in [0.25, 0.3) is 0 Å². The molecule has 0 saturated carbocycles. The molecule has 0 bridgehead atoms. The van der Waals surface area contributed by atoms with Crippen LogP contribution in [0.1, 0.15) is 55.5 Å². The zero-order valence-corrected chi connectivity index (χ0v) is 44.6. The van der Waals surface area contributed by atoms with Crippen LogP contribution in [0.25, 0.3) is 0 Å². The van der Waals surface area contributed by atoms with Gasteiger partial charge in [-0.2, -0.15) is 0 Å². The van der Waals surface area contributed by atoms with Gasteiger partial charge in [0.05, 0.1) is 59.0 Å². The van der Waals surface area contributed by atoms with Crippen LogP contribution >= 0.6 is 11.8 Å². The van der Waals surface area contributed by atoms with E-state index < -0.39 is 103 Å². The van der Waals surface area contributed by atoms with E-state index in [1.807, 2.05) is 159 Å². The molecule has 0 radical (unpaired) electrons. The SMILES string of the molecule is COc1ccc(COC[C@@H]2O[C@@H](O[C@@H]3[C@@H](OCc4ccccc4)[C@@H](OC(C)=O)[C@H](SC)O[C@H]3C)[C@H](OCc3ccccc3)[C@H](OCc3ccccc3)[C@H]2O[C@@H]2O[C@@H](C)[C@H](O)[C@@H](OCc3ccccc3)[C@H]2OC(C)=O)cc1. The van der Waals surface area contributed by atoms with Crippen LogP contribution in [0.2, 0.25) is 0 Å². The number of aliphatic hydroxyl groups is 1. The van der Waals surface area contributed by atoms with E-state index >= 15 is 0 Å². The highest BCUT2D eigenvalue weighted by molar-refractivity contribution is 7.99. The van der Waals surface area contributed by atoms with E-state index in [9.17, 15) is 14.7 Å². The number of esters is 2. The first kappa shape index (κ1) is 56.9. The molecule has 3 heterocycles. The van der Waals surface area contributed by atoms with Gasteiger partial charge in [0.15, 0.2) is 24.8 Å². The average molecular weight is 1070 g/mol. The first-order valence-electron chi connectivity index (χ1n) is 25.6. The molecule has 5 aromatic rings. The number of carbonyl (C=O) groups is 2. The third-order valence-corrected chi connectivity index (χ3v) is 14.2. The number of hydrogen-bond acceptors (Lipinski definition) is 17. The molecule has 0 aliphatic carbocycles. The molecule has 3 aliphatic heterocycles. The Morgan fingerprint density at radius 3 is 1.41 bits per heavy atom. The lowest BCUT2D eigenvalue weighted by Crippen LogP contribution is -2.67. The summed E-state index contributed by atoms with van der Waals surface area (Å²) in [6.07, 6.45) is -12.7. The van der Waals surface area contributed by atoms with Crippen molar-refractivity contribution in [3.63, 3.8) is 0 Å². The van der Waals surface area contributed by atoms with Crippen LogP contribution < -0.4 is 4.74 Å². The molecule has 3 saturated heterocycles. The van der Waals surface area contributed by atoms with Crippen molar-refractivity contribution >= 4 is 23.7 Å². The molecule has 3 aliphatic rings. The third kappa shape index (κ3) is 15.5. The van der Waals surface area contributed by atoms with E-state index in [1.165, 1.54) is 25.6 Å². The topological polar surface area (TPSA) is 174 Å². The number of benzene rings is 5. The molecule has 15 atom stereocenters. The third-order valence-electron chi connectivity index (χ3n) is 13.3. The van der Waals surface area contributed by atoms with Gasteiger partial charge in [-0.3, -0.25) is 9.59 Å². The maximum Gasteiger partial charge on any atom is 0.303 e. The summed E-state index contributed by atoms with van der Waals surface area (Å²) in [6.45, 7) is 6.75. The molecule has 5 aromatic carbocycles. The smallest absolute Gasteiger partial charge is 0.303 e. The highest BCUT2D eigenvalue weighted by atomic mass is 32.2. The second kappa shape index (κ2) is 28.4. The Morgan fingerprint density at radius 2 is 0.921 bits per heavy atom. The Morgan fingerprint density at radius 1 is 0.487 bits per heavy atom. The largest absolute Gasteiger partial charge is 0.497 e. The first-order chi connectivity index (χ1) is 37.0. The number of carbonyl (C=O) groups excluding carboxylic acids is 2. The molecule has 0 spiro atoms. The predicted molar refractivity (Wildman–Crippen MR) is 280 cm³/mol. The van der Waals surface area contributed by atoms with Gasteiger partial charge >= 0.3 is 11.9 Å². The van der Waals surface area contributed by atoms with Crippen molar-refractivity contribution in [2.24, 2.45) is 0 Å². The van der Waals surface area contributed by atoms with Crippen LogP contribution in [-0.2, 0) is 99.5 Å². The van der Waals surface area contributed by atoms with E-state index in [2.05, 4.69) is 0 Å². The number of thioether (sulfide) groups is 1. The molecular weight excluding hydrogens is 997 g/mol. The molecule has 408 valence electrons. The van der Waals surface area contributed by atoms with Gasteiger partial charge in [0.2, 0.25) is 0 Å². The van der Waals surface area contributed by atoms with Gasteiger partial charge in [-0.25, -0.2) is 0 Å². The molecule has 3 fully saturated rings. The Hall–Kier alpha value is -5.25. The summed E-state index contributed by atoms with van der Waals surface area (Å²) < 4.78 is 85.8. The molecular formula is C59H70O16S. The van der Waals surface area contributed by atoms with Crippen molar-refractivity contribution in [2.45, 2.75) is 152 Å². The van der Waals surface area contributed by atoms with E-state index in [4.69, 9.17) is 61.6 Å². The monoisotopic (exact) mass is 1070 g/mol. The highest BCUT2D eigenvalue weighted by Gasteiger charge is 2.56. The minimum Gasteiger partial charge on any atom is -0.497 e. The molecule has 17 heteroatoms. The number of methoxy groups -OCH3 is 1. The van der Waals surface area contributed by atoms with Crippen molar-refractivity contribution < 1.29 is 76.3 Å². The lowest BCUT2D eigenvalue weighted by Gasteiger charge is -2.51. The van der Waals surface area contributed by atoms with Crippen LogP contribution in [0.4, 0.5) is 0 Å². The average Bonchev–Trinajstić information content (AvgIpc) is 3.44. The summed E-state index contributed by atoms with van der Waals surface area (Å²) in [4.78, 5) is 25.9. The van der Waals surface area contributed by atoms with Crippen molar-refractivity contribution in [3.8, 4) is 5.75 Å². The van der Waals surface area contributed by atoms with Crippen molar-refractivity contribution in [3.05, 3.63) is 173 Å². The Labute approximate surface area is 449 Å². The zero-order valence-electron chi connectivity index (χ0n) is 43.7. The molecule has 8 rings (SSSR count). The molecule has 0 aromatic heterocycles. The summed E-state index contributed by atoms with van der Waals surface area (Å²) in [5.41, 5.74) is 3.71. The van der Waals surface area contributed by atoms with Crippen molar-refractivity contribution in [1.29, 1.82) is 0 Å². The fraction of sp³-hybridized carbons (Fsp3) is 0.458. The van der Waals surface area contributed by atoms with Crippen LogP contribution in [0, 0.1) is 0 Å². The lowest BCUT2D eigenvalue weighted by molar-refractivity contribution is -0.381. The van der Waals surface area contributed by atoms with E-state index in [0.717, 1.165) is 27.8 Å². The second-order valence-electron chi connectivity index (χ2n) is 18.9. The van der Waals surface area contributed by atoms with Crippen LogP contribution in [0.15, 0.2) is 146 Å². The quantitative estimate of drug-likeness (QED) is 0.0586. The standard InChI is InChI=1S/C59H70O16S/c1-37-48(62)51(65-32-41-19-11-7-12-20-41)55(71-39(3)60)58(69-37)75-50-47(36-64-31-45-27-29-46(63-5)30-28-45)73-57(54(68-35-44-25-17-10-18-26-44)53(50)67-34-43-23-15-9-16-24-43)74-49-38(2)70-59(76-6)56(72-40(4)61)52(49)66-33-42-21-13-8-14-22-42/h7-30,37-38,47-59,62H,31-36H2,1-6H3/t37-,38-,47-,48-,49-,50-,51+,52+,53+,54+,55+,56+,57-,58-,59-/m0/s1. The second-order valence-corrected chi connectivity index (χ2v) is 19.9. The predicted octanol–water partition coefficient (Wildman–Crippen LogP) is 8.13. The lowest BCUT2D eigenvalue weighted by atomic mass is 9.95. The fourth-order valence-corrected chi connectivity index (χ4v) is 10.3. The summed E-state index contributed by atoms with van der Waals surface area (Å²) in [5.74, 6) is -0.462. The zero-order chi connectivity index (χ0) is 53.4. The maximum atomic E-state index is 13.0. The highest BCUT2D eigenvalue weighted by Crippen LogP contribution is 2.39. The molecule has 0 unspecified atom stereocenters. The Balaban J connectivity index is 1.20. The van der Waals surface area contributed by atoms with Crippen molar-refractivity contribution in [1.82, 2.24) is 0 Å². The Bertz CT molecular complexity index is 2490.